The van der Waals surface area contributed by atoms with Crippen LogP contribution >= 0.6 is 0 Å². The van der Waals surface area contributed by atoms with E-state index in [-0.39, 0.29) is 17.6 Å². The van der Waals surface area contributed by atoms with E-state index in [9.17, 15) is 4.79 Å². The van der Waals surface area contributed by atoms with Crippen molar-refractivity contribution in [1.29, 1.82) is 0 Å². The Balaban J connectivity index is 1.92. The summed E-state index contributed by atoms with van der Waals surface area (Å²) in [5, 5.41) is 3.44. The smallest absolute Gasteiger partial charge is 0.244 e. The Kier molecular flexibility index (Phi) is 2.98. The molecule has 0 radical (unpaired) electrons. The summed E-state index contributed by atoms with van der Waals surface area (Å²) in [6.45, 7) is 6.18. The third-order valence-corrected chi connectivity index (χ3v) is 3.31. The van der Waals surface area contributed by atoms with Crippen molar-refractivity contribution in [2.45, 2.75) is 44.8 Å². The number of carbonyl (C=O) groups is 1. The first-order valence-corrected chi connectivity index (χ1v) is 5.90. The second kappa shape index (κ2) is 4.10. The fourth-order valence-corrected chi connectivity index (χ4v) is 2.25. The van der Waals surface area contributed by atoms with Crippen molar-refractivity contribution in [1.82, 2.24) is 10.2 Å². The fraction of sp³-hybridized carbons (Fsp3) is 0.909. The van der Waals surface area contributed by atoms with Crippen LogP contribution in [0, 0.1) is 0 Å². The van der Waals surface area contributed by atoms with Crippen molar-refractivity contribution < 1.29 is 9.53 Å². The summed E-state index contributed by atoms with van der Waals surface area (Å²) >= 11 is 0. The lowest BCUT2D eigenvalue weighted by atomic mass is 10.3. The highest BCUT2D eigenvalue weighted by Crippen LogP contribution is 2.42. The summed E-state index contributed by atoms with van der Waals surface area (Å²) in [7, 11) is 0. The zero-order valence-corrected chi connectivity index (χ0v) is 9.58. The van der Waals surface area contributed by atoms with E-state index >= 15 is 0 Å². The van der Waals surface area contributed by atoms with Gasteiger partial charge in [0.15, 0.2) is 0 Å². The second-order valence-corrected chi connectivity index (χ2v) is 4.35. The molecule has 1 saturated heterocycles. The van der Waals surface area contributed by atoms with Crippen LogP contribution in [0.5, 0.6) is 0 Å². The van der Waals surface area contributed by atoms with Gasteiger partial charge in [-0.1, -0.05) is 6.92 Å². The molecule has 2 fully saturated rings. The highest BCUT2D eigenvalue weighted by molar-refractivity contribution is 5.91. The van der Waals surface area contributed by atoms with Gasteiger partial charge >= 0.3 is 0 Å². The summed E-state index contributed by atoms with van der Waals surface area (Å²) < 4.78 is 5.30. The Morgan fingerprint density at radius 2 is 2.27 bits per heavy atom. The van der Waals surface area contributed by atoms with Crippen LogP contribution in [0.4, 0.5) is 0 Å². The first kappa shape index (κ1) is 10.9. The third kappa shape index (κ3) is 1.88. The molecule has 1 amide bonds. The molecule has 1 atom stereocenters. The summed E-state index contributed by atoms with van der Waals surface area (Å²) in [4.78, 5) is 14.0. The zero-order valence-electron chi connectivity index (χ0n) is 9.58. The molecule has 2 aliphatic rings. The molecular weight excluding hydrogens is 192 g/mol. The number of amides is 1. The van der Waals surface area contributed by atoms with Crippen molar-refractivity contribution in [3.05, 3.63) is 0 Å². The molecular formula is C11H20N2O2. The fourth-order valence-electron chi connectivity index (χ4n) is 2.25. The van der Waals surface area contributed by atoms with Gasteiger partial charge in [-0.15, -0.1) is 0 Å². The van der Waals surface area contributed by atoms with E-state index < -0.39 is 0 Å². The van der Waals surface area contributed by atoms with E-state index in [1.54, 1.807) is 0 Å². The number of nitrogens with one attached hydrogen (secondary N) is 1. The van der Waals surface area contributed by atoms with Gasteiger partial charge in [-0.2, -0.15) is 0 Å². The lowest BCUT2D eigenvalue weighted by molar-refractivity contribution is -0.131. The number of hydrogen-bond donors (Lipinski definition) is 1. The molecule has 4 heteroatoms. The quantitative estimate of drug-likeness (QED) is 0.683. The number of ether oxygens (including phenoxy) is 1. The monoisotopic (exact) mass is 212 g/mol. The van der Waals surface area contributed by atoms with Crippen molar-refractivity contribution in [3.8, 4) is 0 Å². The van der Waals surface area contributed by atoms with Crippen LogP contribution in [0.25, 0.3) is 0 Å². The van der Waals surface area contributed by atoms with Crippen LogP contribution in [-0.2, 0) is 9.53 Å². The summed E-state index contributed by atoms with van der Waals surface area (Å²) in [5.41, 5.74) is -0.174. The van der Waals surface area contributed by atoms with Crippen LogP contribution in [0.1, 0.15) is 33.1 Å². The zero-order chi connectivity index (χ0) is 10.9. The van der Waals surface area contributed by atoms with Gasteiger partial charge in [-0.3, -0.25) is 10.1 Å². The molecule has 1 N–H and O–H groups in total. The lowest BCUT2D eigenvalue weighted by Crippen LogP contribution is -2.38. The largest absolute Gasteiger partial charge is 0.380 e. The van der Waals surface area contributed by atoms with Crippen molar-refractivity contribution in [2.75, 3.05) is 19.8 Å². The topological polar surface area (TPSA) is 41.6 Å². The van der Waals surface area contributed by atoms with Crippen LogP contribution < -0.4 is 5.32 Å². The van der Waals surface area contributed by atoms with Gasteiger partial charge in [0.2, 0.25) is 5.91 Å². The maximum absolute atomic E-state index is 12.1. The summed E-state index contributed by atoms with van der Waals surface area (Å²) in [6, 6.07) is 0. The molecule has 2 rings (SSSR count). The van der Waals surface area contributed by atoms with Gasteiger partial charge in [-0.25, -0.2) is 0 Å². The minimum Gasteiger partial charge on any atom is -0.380 e. The van der Waals surface area contributed by atoms with E-state index in [4.69, 9.17) is 4.74 Å². The molecule has 4 nitrogen and oxygen atoms in total. The second-order valence-electron chi connectivity index (χ2n) is 4.35. The molecule has 1 spiro atoms. The van der Waals surface area contributed by atoms with E-state index in [1.807, 2.05) is 11.8 Å². The molecule has 15 heavy (non-hydrogen) atoms. The number of hydrogen-bond acceptors (Lipinski definition) is 3. The molecule has 1 heterocycles. The Bertz CT molecular complexity index is 251. The molecule has 1 saturated carbocycles. The molecule has 1 aliphatic heterocycles. The van der Waals surface area contributed by atoms with Crippen LogP contribution in [0.15, 0.2) is 0 Å². The lowest BCUT2D eigenvalue weighted by Gasteiger charge is -2.22. The van der Waals surface area contributed by atoms with Gasteiger partial charge < -0.3 is 9.64 Å². The van der Waals surface area contributed by atoms with E-state index in [0.29, 0.717) is 6.61 Å². The van der Waals surface area contributed by atoms with Gasteiger partial charge in [0.1, 0.15) is 0 Å². The van der Waals surface area contributed by atoms with E-state index in [0.717, 1.165) is 32.4 Å². The number of carbonyl (C=O) groups excluding carboxylic acids is 1. The predicted molar refractivity (Wildman–Crippen MR) is 57.4 cm³/mol. The van der Waals surface area contributed by atoms with Gasteiger partial charge in [0, 0.05) is 13.2 Å². The Hall–Kier alpha value is -0.610. The first-order valence-electron chi connectivity index (χ1n) is 5.90. The minimum atomic E-state index is -0.174. The standard InChI is InChI=1S/C11H20N2O2/c1-3-9-12-11(5-6-11)10(14)13(9)7-8-15-4-2/h9,12H,3-8H2,1-2H3. The average molecular weight is 212 g/mol. The van der Waals surface area contributed by atoms with Gasteiger partial charge in [0.05, 0.1) is 18.3 Å². The summed E-state index contributed by atoms with van der Waals surface area (Å²) in [6.07, 6.45) is 3.21. The third-order valence-electron chi connectivity index (χ3n) is 3.31. The van der Waals surface area contributed by atoms with Crippen molar-refractivity contribution >= 4 is 5.91 Å². The van der Waals surface area contributed by atoms with Crippen molar-refractivity contribution in [3.63, 3.8) is 0 Å². The Labute approximate surface area is 91.0 Å². The van der Waals surface area contributed by atoms with E-state index in [2.05, 4.69) is 12.2 Å². The number of rotatable bonds is 5. The first-order chi connectivity index (χ1) is 7.23. The molecule has 0 aromatic rings. The number of nitrogens with zero attached hydrogens (tertiary/aromatic N) is 1. The van der Waals surface area contributed by atoms with Crippen molar-refractivity contribution in [2.24, 2.45) is 0 Å². The minimum absolute atomic E-state index is 0.174. The summed E-state index contributed by atoms with van der Waals surface area (Å²) in [5.74, 6) is 0.286. The Morgan fingerprint density at radius 3 is 2.80 bits per heavy atom. The average Bonchev–Trinajstić information content (AvgIpc) is 2.96. The SMILES string of the molecule is CCOCCN1C(=O)C2(CC2)NC1CC. The maximum Gasteiger partial charge on any atom is 0.244 e. The molecule has 1 unspecified atom stereocenters. The Morgan fingerprint density at radius 1 is 1.53 bits per heavy atom. The van der Waals surface area contributed by atoms with Crippen LogP contribution in [-0.4, -0.2) is 42.3 Å². The molecule has 0 aromatic heterocycles. The van der Waals surface area contributed by atoms with Crippen LogP contribution in [0.2, 0.25) is 0 Å². The highest BCUT2D eigenvalue weighted by Gasteiger charge is 2.58. The van der Waals surface area contributed by atoms with Gasteiger partial charge in [0.25, 0.3) is 0 Å². The molecule has 0 aromatic carbocycles. The highest BCUT2D eigenvalue weighted by atomic mass is 16.5. The van der Waals surface area contributed by atoms with Gasteiger partial charge in [-0.05, 0) is 26.2 Å². The van der Waals surface area contributed by atoms with Crippen LogP contribution in [0.3, 0.4) is 0 Å². The molecule has 1 aliphatic carbocycles. The predicted octanol–water partition coefficient (Wildman–Crippen LogP) is 0.723. The normalized spacial score (nSPS) is 27.7. The maximum atomic E-state index is 12.1. The molecule has 86 valence electrons. The molecule has 0 bridgehead atoms. The van der Waals surface area contributed by atoms with E-state index in [1.165, 1.54) is 0 Å².